The summed E-state index contributed by atoms with van der Waals surface area (Å²) in [5.74, 6) is 1.44. The summed E-state index contributed by atoms with van der Waals surface area (Å²) in [5.41, 5.74) is 1.80. The van der Waals surface area contributed by atoms with Gasteiger partial charge in [0, 0.05) is 7.05 Å². The molecular weight excluding hydrogens is 320 g/mol. The predicted molar refractivity (Wildman–Crippen MR) is 90.7 cm³/mol. The van der Waals surface area contributed by atoms with Gasteiger partial charge in [-0.05, 0) is 36.8 Å². The normalized spacial score (nSPS) is 10.6. The molecule has 7 heteroatoms. The van der Waals surface area contributed by atoms with Gasteiger partial charge in [0.1, 0.15) is 30.4 Å². The fraction of sp³-hybridized carbons (Fsp3) is 0.278. The molecule has 0 aliphatic rings. The highest BCUT2D eigenvalue weighted by Gasteiger charge is 2.13. The van der Waals surface area contributed by atoms with Crippen LogP contribution in [0.4, 0.5) is 0 Å². The number of likely N-dealkylation sites (N-methyl/N-ethyl adjacent to an activating group) is 1. The first kappa shape index (κ1) is 16.8. The molecule has 0 saturated carbocycles. The Hall–Kier alpha value is -3.09. The summed E-state index contributed by atoms with van der Waals surface area (Å²) in [6.07, 6.45) is 3.31. The van der Waals surface area contributed by atoms with E-state index in [1.54, 1.807) is 30.5 Å². The molecule has 0 spiro atoms. The number of hydrogen-bond donors (Lipinski definition) is 0. The molecule has 130 valence electrons. The Morgan fingerprint density at radius 1 is 1.32 bits per heavy atom. The number of carbonyl (C=O) groups excluding carboxylic acids is 1. The van der Waals surface area contributed by atoms with Crippen molar-refractivity contribution in [3.63, 3.8) is 0 Å². The average molecular weight is 340 g/mol. The zero-order valence-corrected chi connectivity index (χ0v) is 14.3. The van der Waals surface area contributed by atoms with Crippen LogP contribution in [-0.4, -0.2) is 32.8 Å². The van der Waals surface area contributed by atoms with E-state index in [9.17, 15) is 4.79 Å². The van der Waals surface area contributed by atoms with E-state index in [2.05, 4.69) is 10.3 Å². The Bertz CT molecular complexity index is 826. The molecule has 1 aromatic carbocycles. The van der Waals surface area contributed by atoms with Crippen molar-refractivity contribution in [1.29, 1.82) is 0 Å². The summed E-state index contributed by atoms with van der Waals surface area (Å²) < 4.78 is 12.4. The Balaban J connectivity index is 1.51. The second-order valence-corrected chi connectivity index (χ2v) is 5.84. The van der Waals surface area contributed by atoms with Crippen molar-refractivity contribution in [2.75, 3.05) is 7.05 Å². The minimum atomic E-state index is -0.0764. The summed E-state index contributed by atoms with van der Waals surface area (Å²) >= 11 is 0. The Kier molecular flexibility index (Phi) is 5.13. The third-order valence-electron chi connectivity index (χ3n) is 3.66. The molecular formula is C18H20N4O3. The number of amides is 1. The molecule has 0 aliphatic carbocycles. The van der Waals surface area contributed by atoms with Crippen LogP contribution in [0.25, 0.3) is 0 Å². The molecule has 0 N–H and O–H groups in total. The lowest BCUT2D eigenvalue weighted by Crippen LogP contribution is -2.29. The molecule has 3 aromatic rings. The van der Waals surface area contributed by atoms with Crippen LogP contribution in [0.3, 0.4) is 0 Å². The second kappa shape index (κ2) is 7.65. The number of ether oxygens (including phenoxy) is 1. The quantitative estimate of drug-likeness (QED) is 0.660. The van der Waals surface area contributed by atoms with Crippen molar-refractivity contribution in [2.45, 2.75) is 26.6 Å². The lowest BCUT2D eigenvalue weighted by atomic mass is 10.2. The molecule has 0 bridgehead atoms. The zero-order valence-electron chi connectivity index (χ0n) is 14.3. The number of carbonyl (C=O) groups is 1. The molecule has 0 aliphatic heterocycles. The largest absolute Gasteiger partial charge is 0.487 e. The SMILES string of the molecule is Cc1cccc(OCc2cn(CC(=O)N(C)Cc3ccco3)nn2)c1. The van der Waals surface area contributed by atoms with Crippen LogP contribution < -0.4 is 4.74 Å². The van der Waals surface area contributed by atoms with Crippen molar-refractivity contribution in [1.82, 2.24) is 19.9 Å². The van der Waals surface area contributed by atoms with E-state index in [0.29, 0.717) is 18.8 Å². The van der Waals surface area contributed by atoms with Gasteiger partial charge in [0.05, 0.1) is 19.0 Å². The molecule has 0 unspecified atom stereocenters. The van der Waals surface area contributed by atoms with Crippen molar-refractivity contribution in [2.24, 2.45) is 0 Å². The van der Waals surface area contributed by atoms with Crippen molar-refractivity contribution in [3.05, 3.63) is 65.9 Å². The maximum absolute atomic E-state index is 12.2. The van der Waals surface area contributed by atoms with Gasteiger partial charge in [0.2, 0.25) is 5.91 Å². The van der Waals surface area contributed by atoms with E-state index in [1.807, 2.05) is 37.3 Å². The lowest BCUT2D eigenvalue weighted by Gasteiger charge is -2.15. The predicted octanol–water partition coefficient (Wildman–Crippen LogP) is 2.42. The molecule has 2 heterocycles. The minimum Gasteiger partial charge on any atom is -0.487 e. The number of furan rings is 1. The molecule has 0 radical (unpaired) electrons. The molecule has 0 atom stereocenters. The van der Waals surface area contributed by atoms with Crippen LogP contribution in [0.15, 0.2) is 53.3 Å². The highest BCUT2D eigenvalue weighted by atomic mass is 16.5. The molecule has 0 saturated heterocycles. The summed E-state index contributed by atoms with van der Waals surface area (Å²) in [7, 11) is 1.73. The fourth-order valence-corrected chi connectivity index (χ4v) is 2.33. The Labute approximate surface area is 145 Å². The van der Waals surface area contributed by atoms with E-state index in [-0.39, 0.29) is 12.5 Å². The van der Waals surface area contributed by atoms with Crippen LogP contribution in [0, 0.1) is 6.92 Å². The third-order valence-corrected chi connectivity index (χ3v) is 3.66. The molecule has 25 heavy (non-hydrogen) atoms. The monoisotopic (exact) mass is 340 g/mol. The third kappa shape index (κ3) is 4.69. The maximum Gasteiger partial charge on any atom is 0.244 e. The topological polar surface area (TPSA) is 73.4 Å². The van der Waals surface area contributed by atoms with Gasteiger partial charge in [-0.3, -0.25) is 4.79 Å². The van der Waals surface area contributed by atoms with E-state index < -0.39 is 0 Å². The van der Waals surface area contributed by atoms with Crippen LogP contribution in [0.5, 0.6) is 5.75 Å². The summed E-state index contributed by atoms with van der Waals surface area (Å²) in [4.78, 5) is 13.8. The van der Waals surface area contributed by atoms with Crippen LogP contribution in [-0.2, 0) is 24.5 Å². The molecule has 2 aromatic heterocycles. The van der Waals surface area contributed by atoms with Crippen molar-refractivity contribution in [3.8, 4) is 5.75 Å². The first-order valence-corrected chi connectivity index (χ1v) is 7.95. The molecule has 7 nitrogen and oxygen atoms in total. The smallest absolute Gasteiger partial charge is 0.244 e. The lowest BCUT2D eigenvalue weighted by molar-refractivity contribution is -0.131. The van der Waals surface area contributed by atoms with Gasteiger partial charge in [-0.25, -0.2) is 4.68 Å². The zero-order chi connectivity index (χ0) is 17.6. The van der Waals surface area contributed by atoms with Gasteiger partial charge >= 0.3 is 0 Å². The Morgan fingerprint density at radius 2 is 2.20 bits per heavy atom. The number of rotatable bonds is 7. The summed E-state index contributed by atoms with van der Waals surface area (Å²) in [5, 5.41) is 8.02. The van der Waals surface area contributed by atoms with Crippen LogP contribution in [0.1, 0.15) is 17.0 Å². The number of nitrogens with zero attached hydrogens (tertiary/aromatic N) is 4. The van der Waals surface area contributed by atoms with Crippen LogP contribution in [0.2, 0.25) is 0 Å². The molecule has 0 fully saturated rings. The van der Waals surface area contributed by atoms with E-state index >= 15 is 0 Å². The van der Waals surface area contributed by atoms with Gasteiger partial charge in [-0.1, -0.05) is 17.3 Å². The average Bonchev–Trinajstić information content (AvgIpc) is 3.25. The van der Waals surface area contributed by atoms with Gasteiger partial charge in [-0.15, -0.1) is 5.10 Å². The number of hydrogen-bond acceptors (Lipinski definition) is 5. The van der Waals surface area contributed by atoms with E-state index in [4.69, 9.17) is 9.15 Å². The molecule has 3 rings (SSSR count). The van der Waals surface area contributed by atoms with Crippen molar-refractivity contribution < 1.29 is 13.9 Å². The Morgan fingerprint density at radius 3 is 2.96 bits per heavy atom. The summed E-state index contributed by atoms with van der Waals surface area (Å²) in [6.45, 7) is 2.85. The van der Waals surface area contributed by atoms with Gasteiger partial charge in [0.15, 0.2) is 0 Å². The van der Waals surface area contributed by atoms with Crippen LogP contribution >= 0.6 is 0 Å². The summed E-state index contributed by atoms with van der Waals surface area (Å²) in [6, 6.07) is 11.4. The fourth-order valence-electron chi connectivity index (χ4n) is 2.33. The standard InChI is InChI=1S/C18H20N4O3/c1-14-5-3-6-16(9-14)25-13-15-10-22(20-19-15)12-18(23)21(2)11-17-7-4-8-24-17/h3-10H,11-13H2,1-2H3. The number of aromatic nitrogens is 3. The number of aryl methyl sites for hydroxylation is 1. The number of benzene rings is 1. The minimum absolute atomic E-state index is 0.0764. The van der Waals surface area contributed by atoms with Gasteiger partial charge in [-0.2, -0.15) is 0 Å². The highest BCUT2D eigenvalue weighted by Crippen LogP contribution is 2.13. The first-order chi connectivity index (χ1) is 12.1. The maximum atomic E-state index is 12.2. The van der Waals surface area contributed by atoms with Gasteiger partial charge in [0.25, 0.3) is 0 Å². The highest BCUT2D eigenvalue weighted by molar-refractivity contribution is 5.75. The van der Waals surface area contributed by atoms with E-state index in [0.717, 1.165) is 17.1 Å². The first-order valence-electron chi connectivity index (χ1n) is 7.95. The molecule has 1 amide bonds. The van der Waals surface area contributed by atoms with Gasteiger partial charge < -0.3 is 14.1 Å². The van der Waals surface area contributed by atoms with Crippen molar-refractivity contribution >= 4 is 5.91 Å². The van der Waals surface area contributed by atoms with E-state index in [1.165, 1.54) is 4.68 Å². The second-order valence-electron chi connectivity index (χ2n) is 5.84.